The highest BCUT2D eigenvalue weighted by Crippen LogP contribution is 2.30. The zero-order valence-electron chi connectivity index (χ0n) is 9.93. The van der Waals surface area contributed by atoms with Crippen LogP contribution >= 0.6 is 0 Å². The monoisotopic (exact) mass is 232 g/mol. The fraction of sp³-hybridized carbons (Fsp3) is 0.545. The number of nitrogen functional groups attached to an aromatic ring is 1. The molecule has 1 saturated heterocycles. The fourth-order valence-corrected chi connectivity index (χ4v) is 2.38. The van der Waals surface area contributed by atoms with Crippen molar-refractivity contribution in [2.45, 2.75) is 26.3 Å². The molecule has 0 unspecified atom stereocenters. The molecule has 3 rings (SSSR count). The van der Waals surface area contributed by atoms with Crippen molar-refractivity contribution in [2.75, 3.05) is 23.7 Å². The van der Waals surface area contributed by atoms with Crippen LogP contribution in [0.25, 0.3) is 11.0 Å². The molecule has 0 aliphatic carbocycles. The van der Waals surface area contributed by atoms with Crippen LogP contribution in [0, 0.1) is 0 Å². The number of nitrogens with zero attached hydrogens (tertiary/aromatic N) is 5. The van der Waals surface area contributed by atoms with Gasteiger partial charge in [0.15, 0.2) is 11.5 Å². The van der Waals surface area contributed by atoms with Crippen LogP contribution in [0.1, 0.15) is 19.8 Å². The van der Waals surface area contributed by atoms with E-state index in [2.05, 4.69) is 26.9 Å². The highest BCUT2D eigenvalue weighted by Gasteiger charge is 2.22. The summed E-state index contributed by atoms with van der Waals surface area (Å²) in [6.45, 7) is 4.94. The van der Waals surface area contributed by atoms with Crippen LogP contribution in [-0.4, -0.2) is 32.8 Å². The smallest absolute Gasteiger partial charge is 0.165 e. The Morgan fingerprint density at radius 3 is 2.76 bits per heavy atom. The third-order valence-corrected chi connectivity index (χ3v) is 3.25. The summed E-state index contributed by atoms with van der Waals surface area (Å²) in [6, 6.07) is 0. The molecule has 0 bridgehead atoms. The molecule has 6 heteroatoms. The van der Waals surface area contributed by atoms with Gasteiger partial charge in [-0.05, 0) is 19.8 Å². The van der Waals surface area contributed by atoms with Crippen LogP contribution in [0.3, 0.4) is 0 Å². The van der Waals surface area contributed by atoms with Crippen LogP contribution in [-0.2, 0) is 6.54 Å². The molecule has 0 spiro atoms. The molecule has 17 heavy (non-hydrogen) atoms. The third-order valence-electron chi connectivity index (χ3n) is 3.25. The molecule has 2 N–H and O–H groups in total. The van der Waals surface area contributed by atoms with Crippen molar-refractivity contribution >= 4 is 22.7 Å². The number of anilines is 2. The van der Waals surface area contributed by atoms with E-state index < -0.39 is 0 Å². The molecule has 0 amide bonds. The van der Waals surface area contributed by atoms with Crippen LogP contribution in [0.5, 0.6) is 0 Å². The van der Waals surface area contributed by atoms with E-state index in [1.807, 2.05) is 4.68 Å². The van der Waals surface area contributed by atoms with Gasteiger partial charge in [-0.3, -0.25) is 0 Å². The van der Waals surface area contributed by atoms with E-state index in [0.717, 1.165) is 36.5 Å². The number of hydrogen-bond acceptors (Lipinski definition) is 5. The molecule has 1 aliphatic heterocycles. The van der Waals surface area contributed by atoms with E-state index in [-0.39, 0.29) is 0 Å². The number of aromatic nitrogens is 4. The van der Waals surface area contributed by atoms with Gasteiger partial charge in [0.25, 0.3) is 0 Å². The molecule has 6 nitrogen and oxygen atoms in total. The number of aryl methyl sites for hydroxylation is 1. The maximum absolute atomic E-state index is 5.96. The molecule has 0 radical (unpaired) electrons. The summed E-state index contributed by atoms with van der Waals surface area (Å²) < 4.78 is 1.89. The van der Waals surface area contributed by atoms with E-state index in [1.54, 1.807) is 0 Å². The van der Waals surface area contributed by atoms with Gasteiger partial charge in [0, 0.05) is 19.6 Å². The Bertz CT molecular complexity index is 540. The minimum Gasteiger partial charge on any atom is -0.383 e. The lowest BCUT2D eigenvalue weighted by Crippen LogP contribution is -2.19. The lowest BCUT2D eigenvalue weighted by atomic mass is 10.3. The average Bonchev–Trinajstić information content (AvgIpc) is 2.95. The first kappa shape index (κ1) is 10.3. The highest BCUT2D eigenvalue weighted by molar-refractivity contribution is 5.96. The van der Waals surface area contributed by atoms with Crippen LogP contribution in [0.2, 0.25) is 0 Å². The highest BCUT2D eigenvalue weighted by atomic mass is 15.4. The summed E-state index contributed by atoms with van der Waals surface area (Å²) >= 11 is 0. The Hall–Kier alpha value is -1.85. The Morgan fingerprint density at radius 2 is 2.06 bits per heavy atom. The van der Waals surface area contributed by atoms with Gasteiger partial charge in [0.05, 0.1) is 0 Å². The van der Waals surface area contributed by atoms with E-state index in [4.69, 9.17) is 5.73 Å². The van der Waals surface area contributed by atoms with Crippen LogP contribution < -0.4 is 10.6 Å². The van der Waals surface area contributed by atoms with Crippen molar-refractivity contribution < 1.29 is 0 Å². The van der Waals surface area contributed by atoms with Gasteiger partial charge in [-0.25, -0.2) is 14.6 Å². The van der Waals surface area contributed by atoms with Gasteiger partial charge < -0.3 is 10.6 Å². The molecule has 0 saturated carbocycles. The molecule has 2 aromatic rings. The quantitative estimate of drug-likeness (QED) is 0.837. The standard InChI is InChI=1S/C11H16N6/c1-2-17-10-8(9(12)13-7-14-10)11(15-17)16-5-3-4-6-16/h7H,2-6H2,1H3,(H2,12,13,14). The first-order valence-corrected chi connectivity index (χ1v) is 6.03. The molecule has 0 aromatic carbocycles. The van der Waals surface area contributed by atoms with Crippen molar-refractivity contribution in [3.8, 4) is 0 Å². The molecular formula is C11H16N6. The van der Waals surface area contributed by atoms with Crippen LogP contribution in [0.15, 0.2) is 6.33 Å². The largest absolute Gasteiger partial charge is 0.383 e. The SMILES string of the molecule is CCn1nc(N2CCCC2)c2c(N)ncnc21. The van der Waals surface area contributed by atoms with Gasteiger partial charge in [-0.15, -0.1) is 0 Å². The van der Waals surface area contributed by atoms with Crippen molar-refractivity contribution in [3.63, 3.8) is 0 Å². The fourth-order valence-electron chi connectivity index (χ4n) is 2.38. The lowest BCUT2D eigenvalue weighted by Gasteiger charge is -2.14. The molecule has 1 fully saturated rings. The zero-order chi connectivity index (χ0) is 11.8. The number of rotatable bonds is 2. The van der Waals surface area contributed by atoms with Crippen molar-refractivity contribution in [3.05, 3.63) is 6.33 Å². The van der Waals surface area contributed by atoms with E-state index in [0.29, 0.717) is 5.82 Å². The Morgan fingerprint density at radius 1 is 1.29 bits per heavy atom. The third kappa shape index (κ3) is 1.51. The van der Waals surface area contributed by atoms with Crippen LogP contribution in [0.4, 0.5) is 11.6 Å². The average molecular weight is 232 g/mol. The predicted molar refractivity (Wildman–Crippen MR) is 66.9 cm³/mol. The number of hydrogen-bond donors (Lipinski definition) is 1. The molecule has 3 heterocycles. The second kappa shape index (κ2) is 3.87. The first-order valence-electron chi connectivity index (χ1n) is 6.03. The normalized spacial score (nSPS) is 15.9. The minimum absolute atomic E-state index is 0.525. The Labute approximate surface area is 99.4 Å². The Balaban J connectivity index is 2.22. The number of fused-ring (bicyclic) bond motifs is 1. The summed E-state index contributed by atoms with van der Waals surface area (Å²) in [5, 5.41) is 5.51. The molecular weight excluding hydrogens is 216 g/mol. The summed E-state index contributed by atoms with van der Waals surface area (Å²) in [5.41, 5.74) is 6.80. The lowest BCUT2D eigenvalue weighted by molar-refractivity contribution is 0.671. The summed E-state index contributed by atoms with van der Waals surface area (Å²) in [6.07, 6.45) is 3.93. The van der Waals surface area contributed by atoms with Gasteiger partial charge in [-0.2, -0.15) is 5.10 Å². The maximum atomic E-state index is 5.96. The summed E-state index contributed by atoms with van der Waals surface area (Å²) in [5.74, 6) is 1.47. The predicted octanol–water partition coefficient (Wildman–Crippen LogP) is 1.03. The number of nitrogens with two attached hydrogens (primary N) is 1. The van der Waals surface area contributed by atoms with E-state index in [1.165, 1.54) is 19.2 Å². The van der Waals surface area contributed by atoms with Crippen molar-refractivity contribution in [1.82, 2.24) is 19.7 Å². The van der Waals surface area contributed by atoms with Gasteiger partial charge in [-0.1, -0.05) is 0 Å². The molecule has 90 valence electrons. The topological polar surface area (TPSA) is 72.9 Å². The summed E-state index contributed by atoms with van der Waals surface area (Å²) in [4.78, 5) is 10.6. The second-order valence-corrected chi connectivity index (χ2v) is 4.29. The van der Waals surface area contributed by atoms with Crippen molar-refractivity contribution in [2.24, 2.45) is 0 Å². The molecule has 2 aromatic heterocycles. The van der Waals surface area contributed by atoms with E-state index in [9.17, 15) is 0 Å². The molecule has 0 atom stereocenters. The van der Waals surface area contributed by atoms with Gasteiger partial charge in [0.2, 0.25) is 0 Å². The zero-order valence-corrected chi connectivity index (χ0v) is 9.93. The minimum atomic E-state index is 0.525. The van der Waals surface area contributed by atoms with E-state index >= 15 is 0 Å². The van der Waals surface area contributed by atoms with Gasteiger partial charge >= 0.3 is 0 Å². The first-order chi connectivity index (χ1) is 8.31. The van der Waals surface area contributed by atoms with Gasteiger partial charge in [0.1, 0.15) is 17.5 Å². The second-order valence-electron chi connectivity index (χ2n) is 4.29. The Kier molecular flexibility index (Phi) is 2.35. The molecule has 1 aliphatic rings. The summed E-state index contributed by atoms with van der Waals surface area (Å²) in [7, 11) is 0. The van der Waals surface area contributed by atoms with Crippen molar-refractivity contribution in [1.29, 1.82) is 0 Å². The maximum Gasteiger partial charge on any atom is 0.165 e.